The number of hydrogen-bond acceptors (Lipinski definition) is 2. The van der Waals surface area contributed by atoms with Crippen molar-refractivity contribution in [2.24, 2.45) is 0 Å². The fourth-order valence-corrected chi connectivity index (χ4v) is 2.40. The van der Waals surface area contributed by atoms with Gasteiger partial charge in [-0.2, -0.15) is 0 Å². The van der Waals surface area contributed by atoms with Crippen LogP contribution in [0.3, 0.4) is 0 Å². The highest BCUT2D eigenvalue weighted by Gasteiger charge is 2.20. The summed E-state index contributed by atoms with van der Waals surface area (Å²) in [6.45, 7) is 1.53. The zero-order valence-corrected chi connectivity index (χ0v) is 10.7. The maximum atomic E-state index is 5.94. The Labute approximate surface area is 112 Å². The minimum Gasteiger partial charge on any atom is -0.492 e. The third kappa shape index (κ3) is 2.22. The van der Waals surface area contributed by atoms with Gasteiger partial charge in [0.05, 0.1) is 6.04 Å². The topological polar surface area (TPSA) is 21.3 Å². The van der Waals surface area contributed by atoms with Gasteiger partial charge in [-0.15, -0.1) is 0 Å². The second kappa shape index (κ2) is 5.01. The predicted molar refractivity (Wildman–Crippen MR) is 73.2 cm³/mol. The van der Waals surface area contributed by atoms with E-state index in [0.29, 0.717) is 6.61 Å². The molecule has 92 valence electrons. The Morgan fingerprint density at radius 3 is 2.67 bits per heavy atom. The summed E-state index contributed by atoms with van der Waals surface area (Å²) >= 11 is 5.94. The first-order valence-corrected chi connectivity index (χ1v) is 6.43. The van der Waals surface area contributed by atoms with E-state index in [1.54, 1.807) is 0 Å². The molecule has 1 N–H and O–H groups in total. The highest BCUT2D eigenvalue weighted by atomic mass is 35.5. The van der Waals surface area contributed by atoms with Crippen molar-refractivity contribution in [3.8, 4) is 5.75 Å². The molecule has 0 bridgehead atoms. The molecule has 1 heterocycles. The molecule has 18 heavy (non-hydrogen) atoms. The van der Waals surface area contributed by atoms with Gasteiger partial charge in [0.25, 0.3) is 0 Å². The van der Waals surface area contributed by atoms with Crippen molar-refractivity contribution in [1.29, 1.82) is 0 Å². The quantitative estimate of drug-likeness (QED) is 0.847. The van der Waals surface area contributed by atoms with Gasteiger partial charge >= 0.3 is 0 Å². The van der Waals surface area contributed by atoms with Gasteiger partial charge in [-0.1, -0.05) is 41.9 Å². The third-order valence-electron chi connectivity index (χ3n) is 3.14. The van der Waals surface area contributed by atoms with Gasteiger partial charge in [0, 0.05) is 17.1 Å². The van der Waals surface area contributed by atoms with Crippen molar-refractivity contribution in [2.45, 2.75) is 6.04 Å². The van der Waals surface area contributed by atoms with Crippen LogP contribution < -0.4 is 10.1 Å². The summed E-state index contributed by atoms with van der Waals surface area (Å²) in [5.74, 6) is 0.961. The Morgan fingerprint density at radius 1 is 1.06 bits per heavy atom. The average molecular weight is 260 g/mol. The maximum Gasteiger partial charge on any atom is 0.124 e. The second-order valence-electron chi connectivity index (χ2n) is 4.32. The third-order valence-corrected chi connectivity index (χ3v) is 3.39. The van der Waals surface area contributed by atoms with Crippen LogP contribution in [0.25, 0.3) is 0 Å². The van der Waals surface area contributed by atoms with E-state index in [2.05, 4.69) is 23.5 Å². The molecule has 0 aromatic heterocycles. The largest absolute Gasteiger partial charge is 0.492 e. The molecule has 1 unspecified atom stereocenters. The molecule has 0 aliphatic carbocycles. The van der Waals surface area contributed by atoms with E-state index in [4.69, 9.17) is 16.3 Å². The smallest absolute Gasteiger partial charge is 0.124 e. The van der Waals surface area contributed by atoms with Crippen LogP contribution in [0.15, 0.2) is 48.5 Å². The SMILES string of the molecule is Clc1ccc(C2NCCOc3ccccc32)cc1. The molecule has 0 fully saturated rings. The summed E-state index contributed by atoms with van der Waals surface area (Å²) < 4.78 is 5.74. The van der Waals surface area contributed by atoms with Crippen molar-refractivity contribution in [1.82, 2.24) is 5.32 Å². The lowest BCUT2D eigenvalue weighted by Crippen LogP contribution is -2.23. The lowest BCUT2D eigenvalue weighted by Gasteiger charge is -2.18. The Morgan fingerprint density at radius 2 is 1.83 bits per heavy atom. The van der Waals surface area contributed by atoms with E-state index in [1.807, 2.05) is 30.3 Å². The van der Waals surface area contributed by atoms with Crippen molar-refractivity contribution in [3.63, 3.8) is 0 Å². The van der Waals surface area contributed by atoms with Gasteiger partial charge in [0.15, 0.2) is 0 Å². The Hall–Kier alpha value is -1.51. The van der Waals surface area contributed by atoms with Crippen LogP contribution >= 0.6 is 11.6 Å². The standard InChI is InChI=1S/C15H14ClNO/c16-12-7-5-11(6-8-12)15-13-3-1-2-4-14(13)18-10-9-17-15/h1-8,15,17H,9-10H2. The van der Waals surface area contributed by atoms with E-state index in [0.717, 1.165) is 17.3 Å². The Bertz CT molecular complexity index is 538. The van der Waals surface area contributed by atoms with E-state index >= 15 is 0 Å². The number of fused-ring (bicyclic) bond motifs is 1. The summed E-state index contributed by atoms with van der Waals surface area (Å²) in [6, 6.07) is 16.3. The van der Waals surface area contributed by atoms with Gasteiger partial charge in [-0.05, 0) is 23.8 Å². The van der Waals surface area contributed by atoms with Gasteiger partial charge < -0.3 is 10.1 Å². The van der Waals surface area contributed by atoms with Gasteiger partial charge in [-0.25, -0.2) is 0 Å². The first-order valence-electron chi connectivity index (χ1n) is 6.05. The van der Waals surface area contributed by atoms with E-state index in [9.17, 15) is 0 Å². The number of benzene rings is 2. The molecule has 0 saturated carbocycles. The number of halogens is 1. The zero-order valence-electron chi connectivity index (χ0n) is 9.90. The molecule has 0 radical (unpaired) electrons. The molecule has 1 aliphatic rings. The molecule has 0 spiro atoms. The first kappa shape index (κ1) is 11.6. The van der Waals surface area contributed by atoms with Crippen LogP contribution in [0.5, 0.6) is 5.75 Å². The summed E-state index contributed by atoms with van der Waals surface area (Å²) in [5, 5.41) is 4.27. The summed E-state index contributed by atoms with van der Waals surface area (Å²) in [5.41, 5.74) is 2.38. The lowest BCUT2D eigenvalue weighted by molar-refractivity contribution is 0.325. The molecule has 0 amide bonds. The lowest BCUT2D eigenvalue weighted by atomic mass is 9.98. The highest BCUT2D eigenvalue weighted by Crippen LogP contribution is 2.31. The van der Waals surface area contributed by atoms with Crippen LogP contribution in [0, 0.1) is 0 Å². The summed E-state index contributed by atoms with van der Waals surface area (Å²) in [7, 11) is 0. The molecular weight excluding hydrogens is 246 g/mol. The zero-order chi connectivity index (χ0) is 12.4. The normalized spacial score (nSPS) is 18.6. The van der Waals surface area contributed by atoms with E-state index < -0.39 is 0 Å². The average Bonchev–Trinajstić information content (AvgIpc) is 2.62. The number of hydrogen-bond donors (Lipinski definition) is 1. The van der Waals surface area contributed by atoms with Crippen molar-refractivity contribution >= 4 is 11.6 Å². The fourth-order valence-electron chi connectivity index (χ4n) is 2.28. The molecule has 0 saturated heterocycles. The van der Waals surface area contributed by atoms with Crippen molar-refractivity contribution < 1.29 is 4.74 Å². The molecule has 2 nitrogen and oxygen atoms in total. The highest BCUT2D eigenvalue weighted by molar-refractivity contribution is 6.30. The minimum absolute atomic E-state index is 0.168. The van der Waals surface area contributed by atoms with Crippen LogP contribution in [-0.2, 0) is 0 Å². The molecular formula is C15H14ClNO. The van der Waals surface area contributed by atoms with Crippen LogP contribution in [0.4, 0.5) is 0 Å². The number of nitrogens with one attached hydrogen (secondary N) is 1. The Kier molecular flexibility index (Phi) is 3.22. The molecule has 1 aliphatic heterocycles. The van der Waals surface area contributed by atoms with E-state index in [-0.39, 0.29) is 6.04 Å². The monoisotopic (exact) mass is 259 g/mol. The molecule has 2 aromatic carbocycles. The maximum absolute atomic E-state index is 5.94. The number of ether oxygens (including phenoxy) is 1. The summed E-state index contributed by atoms with van der Waals surface area (Å²) in [6.07, 6.45) is 0. The molecule has 3 heteroatoms. The van der Waals surface area contributed by atoms with Crippen molar-refractivity contribution in [2.75, 3.05) is 13.2 Å². The fraction of sp³-hybridized carbons (Fsp3) is 0.200. The number of para-hydroxylation sites is 1. The Balaban J connectivity index is 2.03. The number of rotatable bonds is 1. The summed E-state index contributed by atoms with van der Waals surface area (Å²) in [4.78, 5) is 0. The van der Waals surface area contributed by atoms with Crippen LogP contribution in [0.1, 0.15) is 17.2 Å². The van der Waals surface area contributed by atoms with Crippen LogP contribution in [-0.4, -0.2) is 13.2 Å². The molecule has 2 aromatic rings. The van der Waals surface area contributed by atoms with Crippen molar-refractivity contribution in [3.05, 3.63) is 64.7 Å². The van der Waals surface area contributed by atoms with Gasteiger partial charge in [0.2, 0.25) is 0 Å². The predicted octanol–water partition coefficient (Wildman–Crippen LogP) is 3.41. The van der Waals surface area contributed by atoms with Gasteiger partial charge in [-0.3, -0.25) is 0 Å². The second-order valence-corrected chi connectivity index (χ2v) is 4.76. The molecule has 3 rings (SSSR count). The molecule has 1 atom stereocenters. The first-order chi connectivity index (χ1) is 8.84. The van der Waals surface area contributed by atoms with Gasteiger partial charge in [0.1, 0.15) is 12.4 Å². The minimum atomic E-state index is 0.168. The van der Waals surface area contributed by atoms with Crippen LogP contribution in [0.2, 0.25) is 5.02 Å². The van der Waals surface area contributed by atoms with E-state index in [1.165, 1.54) is 11.1 Å².